The van der Waals surface area contributed by atoms with E-state index in [2.05, 4.69) is 345 Å². The van der Waals surface area contributed by atoms with Crippen molar-refractivity contribution in [3.63, 3.8) is 0 Å². The number of anilines is 6. The van der Waals surface area contributed by atoms with Crippen molar-refractivity contribution in [1.29, 1.82) is 0 Å². The van der Waals surface area contributed by atoms with Gasteiger partial charge in [0.25, 0.3) is 6.71 Å². The molecule has 5 nitrogen and oxygen atoms in total. The molecule has 0 bridgehead atoms. The molecule has 0 fully saturated rings. The lowest BCUT2D eigenvalue weighted by atomic mass is 9.33. The summed E-state index contributed by atoms with van der Waals surface area (Å²) in [7, 11) is 0. The summed E-state index contributed by atoms with van der Waals surface area (Å²) in [5.74, 6) is 0. The van der Waals surface area contributed by atoms with Crippen molar-refractivity contribution in [3.8, 4) is 61.3 Å². The molecule has 2 aliphatic heterocycles. The third-order valence-electron chi connectivity index (χ3n) is 19.9. The third kappa shape index (κ3) is 8.29. The van der Waals surface area contributed by atoms with E-state index in [1.807, 2.05) is 0 Å². The second-order valence-corrected chi connectivity index (χ2v) is 26.3. The van der Waals surface area contributed by atoms with E-state index in [0.717, 1.165) is 128 Å². The van der Waals surface area contributed by atoms with Gasteiger partial charge in [-0.05, 0) is 169 Å². The number of aromatic nitrogens is 1. The highest BCUT2D eigenvalue weighted by molar-refractivity contribution is 7.00. The second kappa shape index (κ2) is 20.8. The fourth-order valence-corrected chi connectivity index (χ4v) is 15.5. The Bertz CT molecular complexity index is 5790. The summed E-state index contributed by atoms with van der Waals surface area (Å²) in [6, 6.07) is 114. The van der Waals surface area contributed by atoms with Crippen LogP contribution in [-0.2, 0) is 5.41 Å². The third-order valence-corrected chi connectivity index (χ3v) is 19.9. The topological polar surface area (TPSA) is 37.7 Å². The average Bonchev–Trinajstić information content (AvgIpc) is 0.804. The number of fused-ring (bicyclic) bond motifs is 13. The lowest BCUT2D eigenvalue weighted by molar-refractivity contribution is 0.590. The smallest absolute Gasteiger partial charge is 0.252 e. The lowest BCUT2D eigenvalue weighted by Gasteiger charge is -2.46. The summed E-state index contributed by atoms with van der Waals surface area (Å²) < 4.78 is 16.5. The molecule has 3 aromatic heterocycles. The fourth-order valence-electron chi connectivity index (χ4n) is 15.5. The summed E-state index contributed by atoms with van der Waals surface area (Å²) in [6.45, 7) is 6.80. The maximum Gasteiger partial charge on any atom is 0.252 e. The van der Waals surface area contributed by atoms with Gasteiger partial charge in [-0.2, -0.15) is 0 Å². The van der Waals surface area contributed by atoms with Gasteiger partial charge in [0, 0.05) is 61.1 Å². The standard InChI is InChI=1S/C88H60BN3O2/c1-88(2,3)63-52-77-85-78(53-63)92(87-66(59-31-17-8-18-32-59)42-48-82-84(87)68-34-20-22-36-80(68)94-82)76-46-40-64(90-73-43-37-60(55-23-9-4-10-24-55)49-69(73)70-50-61(38-44-74(70)90)56-25-11-5-12-26-56)54-72(76)89(85)71-51-62(57-27-13-6-14-28-57)39-45-75(71)91(77)86-65(58-29-15-7-16-30-58)41-47-81-83(86)67-33-19-21-35-79(67)93-81/h4-54H,1-3H3. The van der Waals surface area contributed by atoms with Crippen LogP contribution in [0.3, 0.4) is 0 Å². The summed E-state index contributed by atoms with van der Waals surface area (Å²) in [5, 5.41) is 6.65. The molecule has 19 rings (SSSR count). The van der Waals surface area contributed by atoms with E-state index in [1.165, 1.54) is 55.0 Å². The summed E-state index contributed by atoms with van der Waals surface area (Å²) in [4.78, 5) is 5.26. The van der Waals surface area contributed by atoms with Crippen LogP contribution in [0.25, 0.3) is 127 Å². The van der Waals surface area contributed by atoms with E-state index < -0.39 is 0 Å². The molecule has 0 N–H and O–H groups in total. The molecular weight excluding hydrogens is 1140 g/mol. The molecule has 0 amide bonds. The molecule has 94 heavy (non-hydrogen) atoms. The molecular formula is C88H60BN3O2. The minimum Gasteiger partial charge on any atom is -0.456 e. The normalized spacial score (nSPS) is 12.8. The number of nitrogens with zero attached hydrogens (tertiary/aromatic N) is 3. The van der Waals surface area contributed by atoms with Gasteiger partial charge in [-0.25, -0.2) is 0 Å². The number of benzene rings is 14. The molecule has 0 saturated carbocycles. The van der Waals surface area contributed by atoms with Crippen LogP contribution < -0.4 is 26.2 Å². The first kappa shape index (κ1) is 53.9. The predicted molar refractivity (Wildman–Crippen MR) is 395 cm³/mol. The van der Waals surface area contributed by atoms with Crippen molar-refractivity contribution >= 4 is 123 Å². The van der Waals surface area contributed by atoms with Crippen LogP contribution in [0.15, 0.2) is 318 Å². The lowest BCUT2D eigenvalue weighted by Crippen LogP contribution is -2.61. The molecule has 0 atom stereocenters. The van der Waals surface area contributed by atoms with Crippen molar-refractivity contribution in [1.82, 2.24) is 4.57 Å². The Morgan fingerprint density at radius 2 is 0.691 bits per heavy atom. The Labute approximate surface area is 545 Å². The molecule has 0 spiro atoms. The average molecular weight is 1200 g/mol. The molecule has 14 aromatic carbocycles. The zero-order chi connectivity index (χ0) is 62.3. The number of para-hydroxylation sites is 2. The van der Waals surface area contributed by atoms with Crippen LogP contribution in [0, 0.1) is 0 Å². The first-order valence-corrected chi connectivity index (χ1v) is 32.6. The molecule has 2 aliphatic rings. The van der Waals surface area contributed by atoms with Gasteiger partial charge in [0.1, 0.15) is 22.3 Å². The Hall–Kier alpha value is -11.9. The number of rotatable bonds is 8. The monoisotopic (exact) mass is 1200 g/mol. The van der Waals surface area contributed by atoms with Gasteiger partial charge in [-0.1, -0.05) is 233 Å². The molecule has 0 aliphatic carbocycles. The van der Waals surface area contributed by atoms with E-state index in [4.69, 9.17) is 8.83 Å². The zero-order valence-electron chi connectivity index (χ0n) is 52.2. The highest BCUT2D eigenvalue weighted by Crippen LogP contribution is 2.55. The maximum absolute atomic E-state index is 6.98. The van der Waals surface area contributed by atoms with E-state index in [9.17, 15) is 0 Å². The Morgan fingerprint density at radius 3 is 1.15 bits per heavy atom. The molecule has 6 heteroatoms. The van der Waals surface area contributed by atoms with Crippen molar-refractivity contribution in [2.75, 3.05) is 9.80 Å². The predicted octanol–water partition coefficient (Wildman–Crippen LogP) is 22.3. The Balaban J connectivity index is 0.977. The van der Waals surface area contributed by atoms with E-state index in [0.29, 0.717) is 0 Å². The highest BCUT2D eigenvalue weighted by Gasteiger charge is 2.46. The molecule has 442 valence electrons. The minimum absolute atomic E-state index is 0.275. The van der Waals surface area contributed by atoms with Crippen LogP contribution in [0.1, 0.15) is 26.3 Å². The van der Waals surface area contributed by atoms with Crippen LogP contribution in [0.5, 0.6) is 0 Å². The SMILES string of the molecule is CC(C)(C)c1cc2c3c(c1)N(c1c(-c4ccccc4)ccc4oc5ccccc5c14)c1ccc(-n4c5ccc(-c6ccccc6)cc5c5cc(-c6ccccc6)ccc54)cc1B3c1cc(-c3ccccc3)ccc1N2c1c(-c2ccccc2)ccc2oc3ccccc3c12. The zero-order valence-corrected chi connectivity index (χ0v) is 52.2. The minimum atomic E-state index is -0.301. The maximum atomic E-state index is 6.98. The quantitative estimate of drug-likeness (QED) is 0.142. The first-order valence-electron chi connectivity index (χ1n) is 32.6. The van der Waals surface area contributed by atoms with Crippen LogP contribution in [0.2, 0.25) is 0 Å². The molecule has 0 unspecified atom stereocenters. The van der Waals surface area contributed by atoms with Gasteiger partial charge in [-0.3, -0.25) is 0 Å². The highest BCUT2D eigenvalue weighted by atomic mass is 16.3. The summed E-state index contributed by atoms with van der Waals surface area (Å²) >= 11 is 0. The van der Waals surface area contributed by atoms with E-state index >= 15 is 0 Å². The van der Waals surface area contributed by atoms with Crippen molar-refractivity contribution in [2.45, 2.75) is 26.2 Å². The number of hydrogen-bond acceptors (Lipinski definition) is 4. The second-order valence-electron chi connectivity index (χ2n) is 26.3. The van der Waals surface area contributed by atoms with Crippen LogP contribution in [-0.4, -0.2) is 11.3 Å². The first-order chi connectivity index (χ1) is 46.3. The van der Waals surface area contributed by atoms with Gasteiger partial charge in [-0.15, -0.1) is 0 Å². The fraction of sp³-hybridized carbons (Fsp3) is 0.0455. The van der Waals surface area contributed by atoms with Gasteiger partial charge < -0.3 is 23.2 Å². The number of furan rings is 2. The molecule has 0 radical (unpaired) electrons. The van der Waals surface area contributed by atoms with Gasteiger partial charge in [0.15, 0.2) is 0 Å². The van der Waals surface area contributed by atoms with Crippen LogP contribution in [0.4, 0.5) is 34.1 Å². The molecule has 0 saturated heterocycles. The largest absolute Gasteiger partial charge is 0.456 e. The summed E-state index contributed by atoms with van der Waals surface area (Å²) in [5.41, 5.74) is 29.3. The Kier molecular flexibility index (Phi) is 12.0. The van der Waals surface area contributed by atoms with Crippen LogP contribution >= 0.6 is 0 Å². The number of hydrogen-bond donors (Lipinski definition) is 0. The van der Waals surface area contributed by atoms with Gasteiger partial charge >= 0.3 is 0 Å². The Morgan fingerprint density at radius 1 is 0.298 bits per heavy atom. The molecule has 5 heterocycles. The van der Waals surface area contributed by atoms with Gasteiger partial charge in [0.05, 0.1) is 33.2 Å². The summed E-state index contributed by atoms with van der Waals surface area (Å²) in [6.07, 6.45) is 0. The molecule has 17 aromatic rings. The van der Waals surface area contributed by atoms with Gasteiger partial charge in [0.2, 0.25) is 0 Å². The van der Waals surface area contributed by atoms with Crippen molar-refractivity contribution in [2.24, 2.45) is 0 Å². The van der Waals surface area contributed by atoms with E-state index in [1.54, 1.807) is 0 Å². The van der Waals surface area contributed by atoms with Crippen molar-refractivity contribution < 1.29 is 8.83 Å². The van der Waals surface area contributed by atoms with E-state index in [-0.39, 0.29) is 12.1 Å². The van der Waals surface area contributed by atoms with Crippen molar-refractivity contribution in [3.05, 3.63) is 315 Å².